The molecule has 1 rings (SSSR count). The average molecular weight is 156 g/mol. The highest BCUT2D eigenvalue weighted by Gasteiger charge is 2.17. The molecule has 0 spiro atoms. The van der Waals surface area contributed by atoms with Crippen LogP contribution >= 0.6 is 0 Å². The first kappa shape index (κ1) is 7.74. The van der Waals surface area contributed by atoms with E-state index in [0.29, 0.717) is 6.61 Å². The van der Waals surface area contributed by atoms with Crippen molar-refractivity contribution in [2.24, 2.45) is 0 Å². The molecule has 0 bridgehead atoms. The molecule has 0 amide bonds. The number of nitrogens with one attached hydrogen (secondary N) is 1. The molecule has 0 atom stereocenters. The lowest BCUT2D eigenvalue weighted by Gasteiger charge is -2.07. The summed E-state index contributed by atoms with van der Waals surface area (Å²) < 4.78 is 0. The van der Waals surface area contributed by atoms with Crippen LogP contribution in [0.2, 0.25) is 0 Å². The monoisotopic (exact) mass is 156 g/mol. The molecule has 3 N–H and O–H groups in total. The molecule has 0 aliphatic rings. The van der Waals surface area contributed by atoms with Crippen molar-refractivity contribution < 1.29 is 4.84 Å². The van der Waals surface area contributed by atoms with Gasteiger partial charge in [-0.15, -0.1) is 0 Å². The van der Waals surface area contributed by atoms with E-state index in [4.69, 9.17) is 5.73 Å². The molecule has 0 heterocycles. The smallest absolute Gasteiger partial charge is 0.255 e. The van der Waals surface area contributed by atoms with E-state index in [0.717, 1.165) is 0 Å². The Morgan fingerprint density at radius 2 is 2.09 bits per heavy atom. The van der Waals surface area contributed by atoms with Gasteiger partial charge in [-0.2, -0.15) is 0 Å². The second kappa shape index (κ2) is 2.71. The summed E-state index contributed by atoms with van der Waals surface area (Å²) in [6.07, 6.45) is 0. The highest BCUT2D eigenvalue weighted by Crippen LogP contribution is 2.07. The Morgan fingerprint density at radius 3 is 2.55 bits per heavy atom. The van der Waals surface area contributed by atoms with E-state index in [1.807, 2.05) is 0 Å². The molecule has 60 valence electrons. The van der Waals surface area contributed by atoms with Crippen molar-refractivity contribution in [3.05, 3.63) is 20.4 Å². The van der Waals surface area contributed by atoms with Crippen molar-refractivity contribution >= 4 is 11.4 Å². The number of nitrogens with two attached hydrogens (primary N) is 1. The number of nitrogen functional groups attached to an aromatic ring is 1. The van der Waals surface area contributed by atoms with Crippen molar-refractivity contribution in [2.75, 3.05) is 17.8 Å². The predicted molar refractivity (Wildman–Crippen MR) is 41.0 cm³/mol. The fraction of sp³-hybridized carbons (Fsp3) is 0.333. The van der Waals surface area contributed by atoms with Gasteiger partial charge in [0, 0.05) is 0 Å². The van der Waals surface area contributed by atoms with Crippen LogP contribution in [0.1, 0.15) is 6.92 Å². The maximum Gasteiger partial charge on any atom is 0.255 e. The van der Waals surface area contributed by atoms with Crippen molar-refractivity contribution in [3.63, 3.8) is 0 Å². The van der Waals surface area contributed by atoms with Crippen molar-refractivity contribution in [2.45, 2.75) is 6.92 Å². The molecular weight excluding hydrogens is 148 g/mol. The predicted octanol–water partition coefficient (Wildman–Crippen LogP) is -0.772. The Balaban J connectivity index is 2.75. The first-order valence-electron chi connectivity index (χ1n) is 3.15. The van der Waals surface area contributed by atoms with E-state index in [1.165, 1.54) is 0 Å². The Kier molecular flexibility index (Phi) is 1.91. The standard InChI is InChI=1S/C6H8N2O3/c1-2-11-8-4-3(7)5(9)6(4)10/h8H,2,7H2,1H3. The van der Waals surface area contributed by atoms with E-state index in [1.54, 1.807) is 6.92 Å². The van der Waals surface area contributed by atoms with Gasteiger partial charge in [0.15, 0.2) is 0 Å². The molecular formula is C6H8N2O3. The number of anilines is 2. The molecule has 0 aromatic heterocycles. The van der Waals surface area contributed by atoms with E-state index < -0.39 is 10.9 Å². The van der Waals surface area contributed by atoms with Crippen LogP contribution < -0.4 is 22.1 Å². The highest BCUT2D eigenvalue weighted by molar-refractivity contribution is 5.70. The molecule has 1 aromatic carbocycles. The zero-order valence-electron chi connectivity index (χ0n) is 6.01. The second-order valence-electron chi connectivity index (χ2n) is 1.98. The first-order chi connectivity index (χ1) is 5.18. The summed E-state index contributed by atoms with van der Waals surface area (Å²) in [7, 11) is 0. The summed E-state index contributed by atoms with van der Waals surface area (Å²) in [6, 6.07) is 0. The van der Waals surface area contributed by atoms with Crippen LogP contribution in [0.25, 0.3) is 0 Å². The third-order valence-electron chi connectivity index (χ3n) is 1.27. The normalized spacial score (nSPS) is 10.3. The minimum atomic E-state index is -0.646. The quantitative estimate of drug-likeness (QED) is 0.443. The number of hydrogen-bond donors (Lipinski definition) is 2. The second-order valence-corrected chi connectivity index (χ2v) is 1.98. The summed E-state index contributed by atoms with van der Waals surface area (Å²) in [5.74, 6) is 0. The number of rotatable bonds is 3. The summed E-state index contributed by atoms with van der Waals surface area (Å²) >= 11 is 0. The molecule has 0 aliphatic carbocycles. The Hall–Kier alpha value is -1.36. The van der Waals surface area contributed by atoms with Gasteiger partial charge in [0.25, 0.3) is 10.9 Å². The van der Waals surface area contributed by atoms with Gasteiger partial charge in [0.1, 0.15) is 11.4 Å². The zero-order valence-corrected chi connectivity index (χ0v) is 6.01. The maximum absolute atomic E-state index is 10.6. The van der Waals surface area contributed by atoms with E-state index in [9.17, 15) is 9.59 Å². The molecule has 0 saturated heterocycles. The molecule has 0 radical (unpaired) electrons. The van der Waals surface area contributed by atoms with Gasteiger partial charge in [0.05, 0.1) is 6.61 Å². The van der Waals surface area contributed by atoms with Crippen LogP contribution in [-0.4, -0.2) is 6.61 Å². The summed E-state index contributed by atoms with van der Waals surface area (Å²) in [5, 5.41) is 0. The summed E-state index contributed by atoms with van der Waals surface area (Å²) in [4.78, 5) is 25.8. The van der Waals surface area contributed by atoms with Crippen LogP contribution in [-0.2, 0) is 4.84 Å². The number of hydrogen-bond acceptors (Lipinski definition) is 5. The van der Waals surface area contributed by atoms with Gasteiger partial charge >= 0.3 is 0 Å². The summed E-state index contributed by atoms with van der Waals surface area (Å²) in [6.45, 7) is 2.15. The van der Waals surface area contributed by atoms with Gasteiger partial charge in [-0.05, 0) is 6.92 Å². The third kappa shape index (κ3) is 1.10. The lowest BCUT2D eigenvalue weighted by molar-refractivity contribution is 0.210. The fourth-order valence-corrected chi connectivity index (χ4v) is 0.655. The van der Waals surface area contributed by atoms with E-state index in [2.05, 4.69) is 10.3 Å². The van der Waals surface area contributed by atoms with Gasteiger partial charge in [-0.1, -0.05) is 0 Å². The van der Waals surface area contributed by atoms with Crippen LogP contribution in [0.15, 0.2) is 9.59 Å². The molecule has 0 aliphatic heterocycles. The van der Waals surface area contributed by atoms with Gasteiger partial charge < -0.3 is 5.73 Å². The topological polar surface area (TPSA) is 81.4 Å². The molecule has 0 saturated carbocycles. The van der Waals surface area contributed by atoms with Crippen molar-refractivity contribution in [1.29, 1.82) is 0 Å². The molecule has 0 fully saturated rings. The van der Waals surface area contributed by atoms with Gasteiger partial charge in [-0.25, -0.2) is 0 Å². The first-order valence-corrected chi connectivity index (χ1v) is 3.15. The van der Waals surface area contributed by atoms with Gasteiger partial charge in [-0.3, -0.25) is 19.9 Å². The SMILES string of the molecule is CCONc1c(N)c(=O)c1=O. The van der Waals surface area contributed by atoms with Crippen LogP contribution in [0, 0.1) is 0 Å². The average Bonchev–Trinajstić information content (AvgIpc) is 2.04. The largest absolute Gasteiger partial charge is 0.394 e. The lowest BCUT2D eigenvalue weighted by atomic mass is 10.2. The molecule has 5 heteroatoms. The molecule has 0 unspecified atom stereocenters. The Bertz CT molecular complexity index is 324. The maximum atomic E-state index is 10.6. The minimum Gasteiger partial charge on any atom is -0.394 e. The fourth-order valence-electron chi connectivity index (χ4n) is 0.655. The van der Waals surface area contributed by atoms with Gasteiger partial charge in [0.2, 0.25) is 0 Å². The molecule has 1 aromatic rings. The van der Waals surface area contributed by atoms with Crippen molar-refractivity contribution in [1.82, 2.24) is 0 Å². The zero-order chi connectivity index (χ0) is 8.43. The Labute approximate surface area is 62.4 Å². The van der Waals surface area contributed by atoms with Crippen molar-refractivity contribution in [3.8, 4) is 0 Å². The van der Waals surface area contributed by atoms with E-state index in [-0.39, 0.29) is 11.4 Å². The van der Waals surface area contributed by atoms with Crippen LogP contribution in [0.4, 0.5) is 11.4 Å². The highest BCUT2D eigenvalue weighted by atomic mass is 16.6. The minimum absolute atomic E-state index is 0.0524. The van der Waals surface area contributed by atoms with Crippen LogP contribution in [0.5, 0.6) is 0 Å². The van der Waals surface area contributed by atoms with Crippen LogP contribution in [0.3, 0.4) is 0 Å². The third-order valence-corrected chi connectivity index (χ3v) is 1.27. The lowest BCUT2D eigenvalue weighted by Crippen LogP contribution is -2.37. The Morgan fingerprint density at radius 1 is 1.45 bits per heavy atom. The molecule has 5 nitrogen and oxygen atoms in total. The van der Waals surface area contributed by atoms with E-state index >= 15 is 0 Å². The molecule has 11 heavy (non-hydrogen) atoms. The summed E-state index contributed by atoms with van der Waals surface area (Å²) in [5.41, 5.74) is 6.20.